The Morgan fingerprint density at radius 3 is 2.70 bits per heavy atom. The highest BCUT2D eigenvalue weighted by Gasteiger charge is 2.17. The Balaban J connectivity index is 2.40. The second kappa shape index (κ2) is 5.35. The molecule has 0 bridgehead atoms. The van der Waals surface area contributed by atoms with Gasteiger partial charge in [-0.25, -0.2) is 9.37 Å². The summed E-state index contributed by atoms with van der Waals surface area (Å²) >= 11 is 15.5. The zero-order valence-electron chi connectivity index (χ0n) is 10.1. The zero-order valence-corrected chi connectivity index (χ0v) is 13.2. The van der Waals surface area contributed by atoms with E-state index in [4.69, 9.17) is 23.2 Å². The van der Waals surface area contributed by atoms with Gasteiger partial charge in [-0.1, -0.05) is 23.7 Å². The molecule has 0 radical (unpaired) electrons. The third-order valence-electron chi connectivity index (χ3n) is 2.96. The molecule has 3 aromatic rings. The van der Waals surface area contributed by atoms with Crippen LogP contribution < -0.4 is 0 Å². The Labute approximate surface area is 133 Å². The molecule has 0 aliphatic carbocycles. The molecule has 2 aromatic carbocycles. The van der Waals surface area contributed by atoms with Crippen LogP contribution in [0.4, 0.5) is 4.39 Å². The van der Waals surface area contributed by atoms with E-state index < -0.39 is 5.82 Å². The monoisotopic (exact) mass is 372 g/mol. The van der Waals surface area contributed by atoms with Crippen LogP contribution in [-0.4, -0.2) is 9.55 Å². The molecule has 0 spiro atoms. The van der Waals surface area contributed by atoms with E-state index in [-0.39, 0.29) is 5.88 Å². The average molecular weight is 374 g/mol. The minimum atomic E-state index is -0.400. The van der Waals surface area contributed by atoms with E-state index in [0.717, 1.165) is 11.0 Å². The summed E-state index contributed by atoms with van der Waals surface area (Å²) in [5.74, 6) is 0.485. The maximum Gasteiger partial charge on any atom is 0.129 e. The van der Waals surface area contributed by atoms with Gasteiger partial charge in [-0.3, -0.25) is 4.57 Å². The van der Waals surface area contributed by atoms with Gasteiger partial charge in [0.1, 0.15) is 11.6 Å². The molecule has 0 amide bonds. The van der Waals surface area contributed by atoms with Gasteiger partial charge in [0.25, 0.3) is 0 Å². The SMILES string of the molecule is Fc1cc(Cl)c(-n2c(CCl)nc3ccccc32)c(Br)c1. The first kappa shape index (κ1) is 13.9. The van der Waals surface area contributed by atoms with Crippen molar-refractivity contribution in [2.45, 2.75) is 5.88 Å². The molecule has 0 aliphatic rings. The number of rotatable bonds is 2. The van der Waals surface area contributed by atoms with Crippen LogP contribution in [0.1, 0.15) is 5.82 Å². The van der Waals surface area contributed by atoms with Crippen molar-refractivity contribution >= 4 is 50.2 Å². The summed E-state index contributed by atoms with van der Waals surface area (Å²) in [5, 5.41) is 0.298. The van der Waals surface area contributed by atoms with Crippen molar-refractivity contribution in [3.63, 3.8) is 0 Å². The lowest BCUT2D eigenvalue weighted by atomic mass is 10.2. The van der Waals surface area contributed by atoms with Crippen molar-refractivity contribution in [2.24, 2.45) is 0 Å². The first-order valence-electron chi connectivity index (χ1n) is 5.79. The molecule has 0 unspecified atom stereocenters. The molecule has 1 aromatic heterocycles. The van der Waals surface area contributed by atoms with E-state index in [1.165, 1.54) is 12.1 Å². The lowest BCUT2D eigenvalue weighted by molar-refractivity contribution is 0.626. The summed E-state index contributed by atoms with van der Waals surface area (Å²) in [7, 11) is 0. The fourth-order valence-electron chi connectivity index (χ4n) is 2.16. The Morgan fingerprint density at radius 2 is 2.00 bits per heavy atom. The van der Waals surface area contributed by atoms with Gasteiger partial charge in [-0.05, 0) is 40.2 Å². The minimum absolute atomic E-state index is 0.231. The number of hydrogen-bond donors (Lipinski definition) is 0. The van der Waals surface area contributed by atoms with Crippen molar-refractivity contribution < 1.29 is 4.39 Å². The van der Waals surface area contributed by atoms with E-state index in [2.05, 4.69) is 20.9 Å². The quantitative estimate of drug-likeness (QED) is 0.556. The number of hydrogen-bond acceptors (Lipinski definition) is 1. The number of para-hydroxylation sites is 2. The number of imidazole rings is 1. The fourth-order valence-corrected chi connectivity index (χ4v) is 3.36. The molecule has 0 aliphatic heterocycles. The van der Waals surface area contributed by atoms with Crippen LogP contribution in [0, 0.1) is 5.82 Å². The van der Waals surface area contributed by atoms with Gasteiger partial charge in [0.2, 0.25) is 0 Å². The lowest BCUT2D eigenvalue weighted by Crippen LogP contribution is -2.02. The first-order valence-corrected chi connectivity index (χ1v) is 7.49. The van der Waals surface area contributed by atoms with Gasteiger partial charge >= 0.3 is 0 Å². The average Bonchev–Trinajstić information content (AvgIpc) is 2.76. The first-order chi connectivity index (χ1) is 9.61. The minimum Gasteiger partial charge on any atom is -0.293 e. The maximum atomic E-state index is 13.4. The number of alkyl halides is 1. The molecule has 20 heavy (non-hydrogen) atoms. The van der Waals surface area contributed by atoms with Crippen molar-refractivity contribution in [1.29, 1.82) is 0 Å². The second-order valence-electron chi connectivity index (χ2n) is 4.20. The third kappa shape index (κ3) is 2.22. The molecular weight excluding hydrogens is 366 g/mol. The highest BCUT2D eigenvalue weighted by atomic mass is 79.9. The Hall–Kier alpha value is -1.10. The van der Waals surface area contributed by atoms with Crippen LogP contribution >= 0.6 is 39.1 Å². The molecule has 1 heterocycles. The Morgan fingerprint density at radius 1 is 1.25 bits per heavy atom. The molecule has 2 nitrogen and oxygen atoms in total. The van der Waals surface area contributed by atoms with Gasteiger partial charge in [-0.15, -0.1) is 11.6 Å². The van der Waals surface area contributed by atoms with Crippen molar-refractivity contribution in [2.75, 3.05) is 0 Å². The third-order valence-corrected chi connectivity index (χ3v) is 4.09. The van der Waals surface area contributed by atoms with Crippen LogP contribution in [0.5, 0.6) is 0 Å². The number of nitrogens with zero attached hydrogens (tertiary/aromatic N) is 2. The summed E-state index contributed by atoms with van der Waals surface area (Å²) in [5.41, 5.74) is 2.32. The lowest BCUT2D eigenvalue weighted by Gasteiger charge is -2.12. The highest BCUT2D eigenvalue weighted by molar-refractivity contribution is 9.10. The van der Waals surface area contributed by atoms with Crippen LogP contribution in [0.3, 0.4) is 0 Å². The molecule has 0 N–H and O–H groups in total. The van der Waals surface area contributed by atoms with Gasteiger partial charge in [-0.2, -0.15) is 0 Å². The number of benzene rings is 2. The van der Waals surface area contributed by atoms with Crippen LogP contribution in [0.2, 0.25) is 5.02 Å². The van der Waals surface area contributed by atoms with Crippen molar-refractivity contribution in [3.05, 3.63) is 57.5 Å². The standard InChI is InChI=1S/C14H8BrCl2FN2/c15-9-5-8(18)6-10(17)14(9)20-12-4-2-1-3-11(12)19-13(20)7-16/h1-6H,7H2. The zero-order chi connectivity index (χ0) is 14.3. The topological polar surface area (TPSA) is 17.8 Å². The predicted octanol–water partition coefficient (Wildman–Crippen LogP) is 5.32. The van der Waals surface area contributed by atoms with Crippen LogP contribution in [0.25, 0.3) is 16.7 Å². The van der Waals surface area contributed by atoms with E-state index in [1.54, 1.807) is 0 Å². The summed E-state index contributed by atoms with van der Waals surface area (Å²) in [4.78, 5) is 4.47. The van der Waals surface area contributed by atoms with E-state index in [0.29, 0.717) is 21.0 Å². The molecule has 102 valence electrons. The van der Waals surface area contributed by atoms with Gasteiger partial charge in [0.05, 0.1) is 27.6 Å². The van der Waals surface area contributed by atoms with Crippen molar-refractivity contribution in [3.8, 4) is 5.69 Å². The highest BCUT2D eigenvalue weighted by Crippen LogP contribution is 2.34. The van der Waals surface area contributed by atoms with Gasteiger partial charge in [0, 0.05) is 4.47 Å². The molecule has 3 rings (SSSR count). The van der Waals surface area contributed by atoms with Gasteiger partial charge < -0.3 is 0 Å². The van der Waals surface area contributed by atoms with E-state index in [9.17, 15) is 4.39 Å². The van der Waals surface area contributed by atoms with E-state index >= 15 is 0 Å². The smallest absolute Gasteiger partial charge is 0.129 e. The number of fused-ring (bicyclic) bond motifs is 1. The molecule has 6 heteroatoms. The normalized spacial score (nSPS) is 11.2. The summed E-state index contributed by atoms with van der Waals surface area (Å²) in [6.45, 7) is 0. The van der Waals surface area contributed by atoms with Crippen LogP contribution in [0.15, 0.2) is 40.9 Å². The molecular formula is C14H8BrCl2FN2. The Bertz CT molecular complexity index is 778. The summed E-state index contributed by atoms with van der Waals surface area (Å²) in [6.07, 6.45) is 0. The predicted molar refractivity (Wildman–Crippen MR) is 83.3 cm³/mol. The molecule has 0 fully saturated rings. The van der Waals surface area contributed by atoms with Crippen LogP contribution in [-0.2, 0) is 5.88 Å². The summed E-state index contributed by atoms with van der Waals surface area (Å²) in [6, 6.07) is 10.3. The molecule has 0 saturated heterocycles. The number of aromatic nitrogens is 2. The number of halogens is 4. The fraction of sp³-hybridized carbons (Fsp3) is 0.0714. The summed E-state index contributed by atoms with van der Waals surface area (Å²) < 4.78 is 15.8. The second-order valence-corrected chi connectivity index (χ2v) is 5.73. The van der Waals surface area contributed by atoms with E-state index in [1.807, 2.05) is 28.8 Å². The maximum absolute atomic E-state index is 13.4. The molecule has 0 saturated carbocycles. The molecule has 0 atom stereocenters. The Kier molecular flexibility index (Phi) is 3.71. The van der Waals surface area contributed by atoms with Crippen molar-refractivity contribution in [1.82, 2.24) is 9.55 Å². The largest absolute Gasteiger partial charge is 0.293 e. The van der Waals surface area contributed by atoms with Gasteiger partial charge in [0.15, 0.2) is 0 Å².